The minimum atomic E-state index is -0.374. The van der Waals surface area contributed by atoms with Crippen LogP contribution >= 0.6 is 0 Å². The Morgan fingerprint density at radius 2 is 1.97 bits per heavy atom. The van der Waals surface area contributed by atoms with Crippen molar-refractivity contribution in [3.05, 3.63) is 72.5 Å². The molecule has 0 atom stereocenters. The number of aliphatic imine (C=N–C) groups is 1. The molecule has 1 aliphatic heterocycles. The summed E-state index contributed by atoms with van der Waals surface area (Å²) in [5.41, 5.74) is 3.89. The van der Waals surface area contributed by atoms with Crippen LogP contribution in [0, 0.1) is 18.8 Å². The average Bonchev–Trinajstić information content (AvgIpc) is 2.83. The first-order valence-electron chi connectivity index (χ1n) is 11.2. The van der Waals surface area contributed by atoms with E-state index in [1.807, 2.05) is 68.2 Å². The van der Waals surface area contributed by atoms with E-state index < -0.39 is 0 Å². The molecule has 2 N–H and O–H groups in total. The molecule has 1 aromatic heterocycles. The molecule has 1 aliphatic rings. The maximum Gasteiger partial charge on any atom is 0.300 e. The number of benzene rings is 2. The lowest BCUT2D eigenvalue weighted by Crippen LogP contribution is -2.18. The molecule has 3 aromatic rings. The smallest absolute Gasteiger partial charge is 0.300 e. The fourth-order valence-corrected chi connectivity index (χ4v) is 3.32. The van der Waals surface area contributed by atoms with E-state index >= 15 is 0 Å². The molecule has 0 aliphatic carbocycles. The zero-order valence-electron chi connectivity index (χ0n) is 20.7. The molecule has 0 spiro atoms. The van der Waals surface area contributed by atoms with Crippen molar-refractivity contribution in [3.8, 4) is 17.6 Å². The topological polar surface area (TPSA) is 95.0 Å². The lowest BCUT2D eigenvalue weighted by molar-refractivity contribution is -0.111. The predicted molar refractivity (Wildman–Crippen MR) is 143 cm³/mol. The summed E-state index contributed by atoms with van der Waals surface area (Å²) in [5, 5.41) is 6.91. The number of carbonyl (C=O) groups excluding carboxylic acids is 1. The molecule has 0 fully saturated rings. The zero-order valence-corrected chi connectivity index (χ0v) is 20.7. The van der Waals surface area contributed by atoms with Crippen LogP contribution in [0.25, 0.3) is 10.9 Å². The van der Waals surface area contributed by atoms with Crippen LogP contribution in [0.3, 0.4) is 0 Å². The molecule has 0 radical (unpaired) electrons. The number of aryl methyl sites for hydroxylation is 1. The van der Waals surface area contributed by atoms with E-state index in [1.54, 1.807) is 18.5 Å². The van der Waals surface area contributed by atoms with Gasteiger partial charge in [-0.3, -0.25) is 9.69 Å². The van der Waals surface area contributed by atoms with E-state index in [-0.39, 0.29) is 5.91 Å². The highest BCUT2D eigenvalue weighted by Crippen LogP contribution is 2.29. The highest BCUT2D eigenvalue weighted by molar-refractivity contribution is 6.05. The van der Waals surface area contributed by atoms with Crippen LogP contribution in [0.15, 0.2) is 72.0 Å². The summed E-state index contributed by atoms with van der Waals surface area (Å²) in [6, 6.07) is 11.2. The van der Waals surface area contributed by atoms with Crippen molar-refractivity contribution in [2.24, 2.45) is 4.99 Å². The van der Waals surface area contributed by atoms with Crippen LogP contribution in [0.1, 0.15) is 5.56 Å². The summed E-state index contributed by atoms with van der Waals surface area (Å²) in [6.07, 6.45) is 4.94. The summed E-state index contributed by atoms with van der Waals surface area (Å²) >= 11 is 0. The Balaban J connectivity index is 1.51. The molecular weight excluding hydrogens is 454 g/mol. The lowest BCUT2D eigenvalue weighted by Gasteiger charge is -2.19. The first-order chi connectivity index (χ1) is 17.3. The number of hydrogen-bond donors (Lipinski definition) is 2. The minimum Gasteiger partial charge on any atom is -0.439 e. The summed E-state index contributed by atoms with van der Waals surface area (Å²) in [6.45, 7) is 6.42. The number of rotatable bonds is 6. The molecule has 2 aromatic carbocycles. The second-order valence-corrected chi connectivity index (χ2v) is 8.48. The Morgan fingerprint density at radius 3 is 2.72 bits per heavy atom. The molecule has 1 amide bonds. The Labute approximate surface area is 210 Å². The second-order valence-electron chi connectivity index (χ2n) is 8.48. The van der Waals surface area contributed by atoms with Crippen molar-refractivity contribution >= 4 is 40.3 Å². The number of nitrogens with zero attached hydrogens (tertiary/aromatic N) is 5. The first kappa shape index (κ1) is 24.4. The fraction of sp³-hybridized carbons (Fsp3) is 0.185. The van der Waals surface area contributed by atoms with Crippen LogP contribution in [-0.4, -0.2) is 59.7 Å². The lowest BCUT2D eigenvalue weighted by atomic mass is 10.1. The highest BCUT2D eigenvalue weighted by Gasteiger charge is 2.11. The molecular formula is C27H27N7O2. The molecule has 0 saturated heterocycles. The fourth-order valence-electron chi connectivity index (χ4n) is 3.32. The number of amides is 1. The van der Waals surface area contributed by atoms with Crippen molar-refractivity contribution in [3.63, 3.8) is 0 Å². The predicted octanol–water partition coefficient (Wildman–Crippen LogP) is 3.89. The van der Waals surface area contributed by atoms with Gasteiger partial charge in [0, 0.05) is 35.6 Å². The maximum absolute atomic E-state index is 12.2. The quantitative estimate of drug-likeness (QED) is 0.516. The third kappa shape index (κ3) is 6.05. The van der Waals surface area contributed by atoms with Gasteiger partial charge in [0.2, 0.25) is 5.88 Å². The number of aromatic nitrogens is 2. The first-order valence-corrected chi connectivity index (χ1v) is 11.2. The molecule has 9 heteroatoms. The van der Waals surface area contributed by atoms with Crippen molar-refractivity contribution in [2.45, 2.75) is 6.92 Å². The maximum atomic E-state index is 12.2. The number of anilines is 3. The van der Waals surface area contributed by atoms with Gasteiger partial charge in [-0.15, -0.1) is 0 Å². The number of allylic oxidation sites excluding steroid dienone is 1. The standard InChI is InChI=1S/C27H27N7O2/c1-18-13-20(9-11-24(18)36-26-14-19(2)34(5)17-30-26)32-27-22-15-21(8-10-23(22)28-16-29-27)31-25(35)7-6-12-33(3)4/h8-11,13-17H,2,12H2,1,3-5H3,(H,31,35)(H,28,29,32). The number of ether oxygens (including phenoxy) is 1. The van der Waals surface area contributed by atoms with Gasteiger partial charge in [-0.2, -0.15) is 0 Å². The molecule has 182 valence electrons. The number of fused-ring (bicyclic) bond motifs is 1. The van der Waals surface area contributed by atoms with Gasteiger partial charge in [-0.05, 0) is 68.9 Å². The molecule has 0 unspecified atom stereocenters. The van der Waals surface area contributed by atoms with E-state index in [9.17, 15) is 4.79 Å². The van der Waals surface area contributed by atoms with Crippen molar-refractivity contribution < 1.29 is 9.53 Å². The highest BCUT2D eigenvalue weighted by atomic mass is 16.5. The molecule has 0 bridgehead atoms. The van der Waals surface area contributed by atoms with Crippen molar-refractivity contribution in [1.29, 1.82) is 0 Å². The molecule has 4 rings (SSSR count). The van der Waals surface area contributed by atoms with Gasteiger partial charge in [-0.25, -0.2) is 15.0 Å². The van der Waals surface area contributed by atoms with E-state index in [0.29, 0.717) is 29.7 Å². The van der Waals surface area contributed by atoms with E-state index in [0.717, 1.165) is 27.9 Å². The molecule has 36 heavy (non-hydrogen) atoms. The third-order valence-corrected chi connectivity index (χ3v) is 5.24. The summed E-state index contributed by atoms with van der Waals surface area (Å²) in [4.78, 5) is 28.9. The number of likely N-dealkylation sites (N-methyl/N-ethyl adjacent to an activating group) is 1. The van der Waals surface area contributed by atoms with Gasteiger partial charge < -0.3 is 20.3 Å². The summed E-state index contributed by atoms with van der Waals surface area (Å²) in [5.74, 6) is 6.82. The number of nitrogens with one attached hydrogen (secondary N) is 2. The second kappa shape index (κ2) is 10.7. The van der Waals surface area contributed by atoms with Crippen molar-refractivity contribution in [2.75, 3.05) is 38.3 Å². The summed E-state index contributed by atoms with van der Waals surface area (Å²) < 4.78 is 5.94. The normalized spacial score (nSPS) is 12.8. The number of carbonyl (C=O) groups is 1. The van der Waals surface area contributed by atoms with Crippen LogP contribution < -0.4 is 15.4 Å². The largest absolute Gasteiger partial charge is 0.439 e. The Hall–Kier alpha value is -4.68. The van der Waals surface area contributed by atoms with Gasteiger partial charge in [0.25, 0.3) is 5.91 Å². The molecule has 9 nitrogen and oxygen atoms in total. The van der Waals surface area contributed by atoms with Gasteiger partial charge in [0.15, 0.2) is 0 Å². The monoisotopic (exact) mass is 481 g/mol. The zero-order chi connectivity index (χ0) is 25.7. The minimum absolute atomic E-state index is 0.374. The third-order valence-electron chi connectivity index (χ3n) is 5.24. The Bertz CT molecular complexity index is 1450. The van der Waals surface area contributed by atoms with Gasteiger partial charge in [0.1, 0.15) is 17.9 Å². The van der Waals surface area contributed by atoms with E-state index in [1.165, 1.54) is 6.33 Å². The van der Waals surface area contributed by atoms with Crippen molar-refractivity contribution in [1.82, 2.24) is 19.8 Å². The molecule has 2 heterocycles. The summed E-state index contributed by atoms with van der Waals surface area (Å²) in [7, 11) is 5.66. The van der Waals surface area contributed by atoms with Gasteiger partial charge in [0.05, 0.1) is 18.4 Å². The Morgan fingerprint density at radius 1 is 1.17 bits per heavy atom. The Kier molecular flexibility index (Phi) is 7.28. The van der Waals surface area contributed by atoms with Gasteiger partial charge in [-0.1, -0.05) is 12.5 Å². The number of hydrogen-bond acceptors (Lipinski definition) is 8. The van der Waals surface area contributed by atoms with E-state index in [4.69, 9.17) is 4.74 Å². The van der Waals surface area contributed by atoms with Gasteiger partial charge >= 0.3 is 0 Å². The SMILES string of the molecule is C=C1C=C(Oc2ccc(Nc3ncnc4ccc(NC(=O)C#CCN(C)C)cc34)cc2C)N=CN1C. The van der Waals surface area contributed by atoms with Crippen LogP contribution in [0.4, 0.5) is 17.2 Å². The van der Waals surface area contributed by atoms with Crippen LogP contribution in [0.2, 0.25) is 0 Å². The molecule has 0 saturated carbocycles. The van der Waals surface area contributed by atoms with Crippen LogP contribution in [0.5, 0.6) is 5.75 Å². The average molecular weight is 482 g/mol. The van der Waals surface area contributed by atoms with E-state index in [2.05, 4.69) is 44.0 Å². The van der Waals surface area contributed by atoms with Crippen LogP contribution in [-0.2, 0) is 4.79 Å².